The van der Waals surface area contributed by atoms with E-state index in [1.807, 2.05) is 0 Å². The van der Waals surface area contributed by atoms with Gasteiger partial charge in [-0.1, -0.05) is 0 Å². The highest BCUT2D eigenvalue weighted by molar-refractivity contribution is 6.16. The maximum Gasteiger partial charge on any atom is 0.297 e. The van der Waals surface area contributed by atoms with E-state index in [0.717, 1.165) is 18.8 Å². The van der Waals surface area contributed by atoms with Gasteiger partial charge in [0.1, 0.15) is 6.26 Å². The average Bonchev–Trinajstić information content (AvgIpc) is 2.64. The number of hydrogen-bond donors (Lipinski definition) is 0. The summed E-state index contributed by atoms with van der Waals surface area (Å²) in [6.07, 6.45) is 1.60. The van der Waals surface area contributed by atoms with Crippen LogP contribution in [0, 0.1) is 0 Å². The Kier molecular flexibility index (Phi) is 2.89. The van der Waals surface area contributed by atoms with Crippen molar-refractivity contribution in [1.29, 1.82) is 0 Å². The number of hydrogen-bond acceptors (Lipinski definition) is 4. The molecule has 1 saturated heterocycles. The summed E-state index contributed by atoms with van der Waals surface area (Å²) >= 11 is 5.67. The van der Waals surface area contributed by atoms with Gasteiger partial charge in [0.05, 0.1) is 30.3 Å². The van der Waals surface area contributed by atoms with Crippen LogP contribution in [0.5, 0.6) is 0 Å². The predicted molar refractivity (Wildman–Crippen MR) is 58.3 cm³/mol. The number of ether oxygens (including phenoxy) is 1. The van der Waals surface area contributed by atoms with Crippen molar-refractivity contribution >= 4 is 17.6 Å². The minimum Gasteiger partial charge on any atom is -0.432 e. The van der Waals surface area contributed by atoms with Crippen molar-refractivity contribution in [2.45, 2.75) is 25.3 Å². The van der Waals surface area contributed by atoms with Crippen molar-refractivity contribution in [3.8, 4) is 0 Å². The molecule has 0 amide bonds. The van der Waals surface area contributed by atoms with Gasteiger partial charge < -0.3 is 14.1 Å². The van der Waals surface area contributed by atoms with Crippen LogP contribution in [-0.4, -0.2) is 30.3 Å². The molecule has 1 aromatic heterocycles. The summed E-state index contributed by atoms with van der Waals surface area (Å²) in [4.78, 5) is 6.37. The van der Waals surface area contributed by atoms with E-state index in [9.17, 15) is 0 Å². The lowest BCUT2D eigenvalue weighted by molar-refractivity contribution is -0.0290. The lowest BCUT2D eigenvalue weighted by Gasteiger charge is -2.37. The molecular weight excluding hydrogens is 216 g/mol. The largest absolute Gasteiger partial charge is 0.432 e. The van der Waals surface area contributed by atoms with Gasteiger partial charge in [0, 0.05) is 6.54 Å². The van der Waals surface area contributed by atoms with Crippen LogP contribution >= 0.6 is 11.6 Å². The number of aromatic nitrogens is 1. The van der Waals surface area contributed by atoms with Crippen molar-refractivity contribution < 1.29 is 9.15 Å². The number of oxazole rings is 1. The van der Waals surface area contributed by atoms with Crippen LogP contribution in [0.3, 0.4) is 0 Å². The molecule has 0 aliphatic carbocycles. The number of rotatable bonds is 2. The van der Waals surface area contributed by atoms with Crippen molar-refractivity contribution in [2.24, 2.45) is 0 Å². The second-order valence-corrected chi connectivity index (χ2v) is 4.55. The summed E-state index contributed by atoms with van der Waals surface area (Å²) < 4.78 is 11.0. The summed E-state index contributed by atoms with van der Waals surface area (Å²) in [5.74, 6) is 0.386. The number of morpholine rings is 1. The van der Waals surface area contributed by atoms with Gasteiger partial charge in [0.2, 0.25) is 0 Å². The molecule has 1 aliphatic rings. The fraction of sp³-hybridized carbons (Fsp3) is 0.700. The van der Waals surface area contributed by atoms with Crippen molar-refractivity contribution in [1.82, 2.24) is 4.98 Å². The molecule has 84 valence electrons. The third-order valence-electron chi connectivity index (χ3n) is 2.37. The second-order valence-electron chi connectivity index (χ2n) is 4.28. The summed E-state index contributed by atoms with van der Waals surface area (Å²) in [5, 5.41) is 0. The van der Waals surface area contributed by atoms with Crippen molar-refractivity contribution in [3.05, 3.63) is 12.0 Å². The minimum absolute atomic E-state index is 0.145. The highest BCUT2D eigenvalue weighted by atomic mass is 35.5. The second kappa shape index (κ2) is 4.02. The maximum atomic E-state index is 5.67. The zero-order valence-electron chi connectivity index (χ0n) is 8.99. The van der Waals surface area contributed by atoms with Crippen LogP contribution in [0.15, 0.2) is 10.7 Å². The quantitative estimate of drug-likeness (QED) is 0.729. The predicted octanol–water partition coefficient (Wildman–Crippen LogP) is 2.03. The maximum absolute atomic E-state index is 5.67. The molecule has 15 heavy (non-hydrogen) atoms. The fourth-order valence-corrected chi connectivity index (χ4v) is 1.81. The van der Waals surface area contributed by atoms with Crippen LogP contribution in [0.4, 0.5) is 6.01 Å². The highest BCUT2D eigenvalue weighted by Crippen LogP contribution is 2.22. The third kappa shape index (κ3) is 2.44. The summed E-state index contributed by atoms with van der Waals surface area (Å²) in [7, 11) is 0. The van der Waals surface area contributed by atoms with Crippen LogP contribution in [0.1, 0.15) is 19.5 Å². The standard InChI is InChI=1S/C10H15ClN2O2/c1-10(2)7-13(3-4-15-10)9-12-8(5-11)6-14-9/h6H,3-5,7H2,1-2H3. The summed E-state index contributed by atoms with van der Waals surface area (Å²) in [6, 6.07) is 0.641. The first-order valence-electron chi connectivity index (χ1n) is 5.00. The number of anilines is 1. The molecule has 2 rings (SSSR count). The smallest absolute Gasteiger partial charge is 0.297 e. The first kappa shape index (κ1) is 10.8. The summed E-state index contributed by atoms with van der Waals surface area (Å²) in [6.45, 7) is 6.42. The normalized spacial score (nSPS) is 20.6. The van der Waals surface area contributed by atoms with Gasteiger partial charge in [0.25, 0.3) is 6.01 Å². The fourth-order valence-electron chi connectivity index (χ4n) is 1.68. The van der Waals surface area contributed by atoms with E-state index in [-0.39, 0.29) is 5.60 Å². The number of alkyl halides is 1. The number of nitrogens with zero attached hydrogens (tertiary/aromatic N) is 2. The van der Waals surface area contributed by atoms with Crippen LogP contribution in [0.25, 0.3) is 0 Å². The molecule has 1 aromatic rings. The van der Waals surface area contributed by atoms with E-state index >= 15 is 0 Å². The highest BCUT2D eigenvalue weighted by Gasteiger charge is 2.29. The molecule has 0 radical (unpaired) electrons. The zero-order valence-corrected chi connectivity index (χ0v) is 9.75. The topological polar surface area (TPSA) is 38.5 Å². The molecule has 0 aromatic carbocycles. The lowest BCUT2D eigenvalue weighted by Crippen LogP contribution is -2.48. The van der Waals surface area contributed by atoms with E-state index in [4.69, 9.17) is 20.8 Å². The van der Waals surface area contributed by atoms with Gasteiger partial charge in [-0.3, -0.25) is 0 Å². The van der Waals surface area contributed by atoms with Crippen LogP contribution < -0.4 is 4.90 Å². The Labute approximate surface area is 94.2 Å². The van der Waals surface area contributed by atoms with E-state index in [1.54, 1.807) is 6.26 Å². The van der Waals surface area contributed by atoms with E-state index in [2.05, 4.69) is 23.7 Å². The van der Waals surface area contributed by atoms with Crippen molar-refractivity contribution in [2.75, 3.05) is 24.6 Å². The van der Waals surface area contributed by atoms with E-state index in [0.29, 0.717) is 18.5 Å². The van der Waals surface area contributed by atoms with Gasteiger partial charge in [-0.05, 0) is 13.8 Å². The third-order valence-corrected chi connectivity index (χ3v) is 2.65. The molecule has 0 N–H and O–H groups in total. The summed E-state index contributed by atoms with van der Waals surface area (Å²) in [5.41, 5.74) is 0.629. The van der Waals surface area contributed by atoms with Gasteiger partial charge in [-0.2, -0.15) is 4.98 Å². The molecule has 0 atom stereocenters. The Bertz CT molecular complexity index is 338. The Morgan fingerprint density at radius 2 is 2.40 bits per heavy atom. The SMILES string of the molecule is CC1(C)CN(c2nc(CCl)co2)CCO1. The Morgan fingerprint density at radius 1 is 1.60 bits per heavy atom. The molecule has 0 spiro atoms. The van der Waals surface area contributed by atoms with E-state index in [1.165, 1.54) is 0 Å². The van der Waals surface area contributed by atoms with Crippen molar-refractivity contribution in [3.63, 3.8) is 0 Å². The molecule has 4 nitrogen and oxygen atoms in total. The van der Waals surface area contributed by atoms with Crippen LogP contribution in [-0.2, 0) is 10.6 Å². The minimum atomic E-state index is -0.145. The lowest BCUT2D eigenvalue weighted by atomic mass is 10.1. The molecule has 0 bridgehead atoms. The van der Waals surface area contributed by atoms with Gasteiger partial charge >= 0.3 is 0 Å². The van der Waals surface area contributed by atoms with E-state index < -0.39 is 0 Å². The first-order chi connectivity index (χ1) is 7.11. The average molecular weight is 231 g/mol. The molecule has 5 heteroatoms. The molecule has 1 fully saturated rings. The molecular formula is C10H15ClN2O2. The van der Waals surface area contributed by atoms with Gasteiger partial charge in [-0.25, -0.2) is 0 Å². The Morgan fingerprint density at radius 3 is 3.00 bits per heavy atom. The van der Waals surface area contributed by atoms with Crippen LogP contribution in [0.2, 0.25) is 0 Å². The number of halogens is 1. The molecule has 0 unspecified atom stereocenters. The van der Waals surface area contributed by atoms with Gasteiger partial charge in [0.15, 0.2) is 0 Å². The molecule has 1 aliphatic heterocycles. The zero-order chi connectivity index (χ0) is 10.9. The molecule has 2 heterocycles. The Balaban J connectivity index is 2.10. The first-order valence-corrected chi connectivity index (χ1v) is 5.53. The van der Waals surface area contributed by atoms with Gasteiger partial charge in [-0.15, -0.1) is 11.6 Å². The monoisotopic (exact) mass is 230 g/mol. The molecule has 0 saturated carbocycles. The Hall–Kier alpha value is -0.740.